The van der Waals surface area contributed by atoms with Gasteiger partial charge in [0.15, 0.2) is 0 Å². The molecule has 3 heterocycles. The van der Waals surface area contributed by atoms with Crippen molar-refractivity contribution in [2.24, 2.45) is 0 Å². The van der Waals surface area contributed by atoms with Gasteiger partial charge in [-0.1, -0.05) is 11.6 Å². The smallest absolute Gasteiger partial charge is 0.261 e. The Labute approximate surface area is 170 Å². The molecule has 0 aliphatic heterocycles. The van der Waals surface area contributed by atoms with Gasteiger partial charge in [0.05, 0.1) is 16.8 Å². The fourth-order valence-electron chi connectivity index (χ4n) is 3.09. The number of carbonyl (C=O) groups excluding carboxylic acids is 1. The van der Waals surface area contributed by atoms with Gasteiger partial charge < -0.3 is 9.88 Å². The summed E-state index contributed by atoms with van der Waals surface area (Å²) >= 11 is 6.11. The summed E-state index contributed by atoms with van der Waals surface area (Å²) in [6, 6.07) is 8.45. The van der Waals surface area contributed by atoms with Gasteiger partial charge >= 0.3 is 0 Å². The van der Waals surface area contributed by atoms with Crippen LogP contribution in [0.3, 0.4) is 0 Å². The number of nitrogens with zero attached hydrogens (tertiary/aromatic N) is 5. The number of halogens is 1. The Morgan fingerprint density at radius 1 is 1.24 bits per heavy atom. The van der Waals surface area contributed by atoms with E-state index in [1.807, 2.05) is 13.8 Å². The predicted octanol–water partition coefficient (Wildman–Crippen LogP) is 3.21. The van der Waals surface area contributed by atoms with E-state index in [-0.39, 0.29) is 11.0 Å². The van der Waals surface area contributed by atoms with E-state index in [4.69, 9.17) is 11.6 Å². The summed E-state index contributed by atoms with van der Waals surface area (Å²) < 4.78 is 3.29. The maximum absolute atomic E-state index is 13.0. The predicted molar refractivity (Wildman–Crippen MR) is 111 cm³/mol. The number of benzene rings is 1. The van der Waals surface area contributed by atoms with Crippen LogP contribution < -0.4 is 10.7 Å². The lowest BCUT2D eigenvalue weighted by molar-refractivity contribution is 0.102. The Bertz CT molecular complexity index is 1280. The van der Waals surface area contributed by atoms with E-state index < -0.39 is 5.91 Å². The standard InChI is InChI=1S/C20H17ClN6O2/c1-3-26-9-15(18(28)14-6-4-12(2)24-19(14)26)20(29)25-16-8-13(21)5-7-17(16)27-11-22-10-23-27/h4-11H,3H2,1-2H3,(H,25,29). The monoisotopic (exact) mass is 408 g/mol. The van der Waals surface area contributed by atoms with Crippen molar-refractivity contribution in [1.82, 2.24) is 24.3 Å². The third-order valence-electron chi connectivity index (χ3n) is 4.52. The van der Waals surface area contributed by atoms with E-state index in [0.717, 1.165) is 5.69 Å². The van der Waals surface area contributed by atoms with Crippen molar-refractivity contribution in [3.05, 3.63) is 75.7 Å². The Hall–Kier alpha value is -3.52. The number of fused-ring (bicyclic) bond motifs is 1. The second-order valence-electron chi connectivity index (χ2n) is 6.44. The van der Waals surface area contributed by atoms with Crippen LogP contribution in [0.25, 0.3) is 16.7 Å². The number of rotatable bonds is 4. The van der Waals surface area contributed by atoms with Crippen molar-refractivity contribution < 1.29 is 4.79 Å². The third-order valence-corrected chi connectivity index (χ3v) is 4.75. The molecule has 9 heteroatoms. The fraction of sp³-hybridized carbons (Fsp3) is 0.150. The Kier molecular flexibility index (Phi) is 4.85. The molecule has 1 aromatic carbocycles. The van der Waals surface area contributed by atoms with Gasteiger partial charge in [0, 0.05) is 23.5 Å². The van der Waals surface area contributed by atoms with Crippen molar-refractivity contribution in [1.29, 1.82) is 0 Å². The average molecular weight is 409 g/mol. The Morgan fingerprint density at radius 2 is 2.07 bits per heavy atom. The summed E-state index contributed by atoms with van der Waals surface area (Å²) in [5, 5.41) is 7.70. The molecule has 1 N–H and O–H groups in total. The summed E-state index contributed by atoms with van der Waals surface area (Å²) in [7, 11) is 0. The van der Waals surface area contributed by atoms with Crippen LogP contribution in [0, 0.1) is 6.92 Å². The number of anilines is 1. The SMILES string of the molecule is CCn1cc(C(=O)Nc2cc(Cl)ccc2-n2cncn2)c(=O)c2ccc(C)nc21. The van der Waals surface area contributed by atoms with Gasteiger partial charge in [0.2, 0.25) is 5.43 Å². The van der Waals surface area contributed by atoms with Gasteiger partial charge in [0.1, 0.15) is 23.9 Å². The number of aromatic nitrogens is 5. The van der Waals surface area contributed by atoms with Crippen molar-refractivity contribution >= 4 is 34.2 Å². The molecule has 0 aliphatic carbocycles. The molecule has 0 spiro atoms. The summed E-state index contributed by atoms with van der Waals surface area (Å²) in [6.07, 6.45) is 4.43. The van der Waals surface area contributed by atoms with Gasteiger partial charge in [-0.25, -0.2) is 14.6 Å². The first kappa shape index (κ1) is 18.8. The second kappa shape index (κ2) is 7.48. The molecule has 29 heavy (non-hydrogen) atoms. The van der Waals surface area contributed by atoms with Crippen LogP contribution >= 0.6 is 11.6 Å². The van der Waals surface area contributed by atoms with Crippen molar-refractivity contribution in [2.45, 2.75) is 20.4 Å². The van der Waals surface area contributed by atoms with Crippen LogP contribution in [0.1, 0.15) is 23.0 Å². The molecule has 0 radical (unpaired) electrons. The first-order valence-corrected chi connectivity index (χ1v) is 9.32. The minimum absolute atomic E-state index is 0.0227. The van der Waals surface area contributed by atoms with E-state index in [1.54, 1.807) is 34.9 Å². The summed E-state index contributed by atoms with van der Waals surface area (Å²) in [6.45, 7) is 4.35. The van der Waals surface area contributed by atoms with Crippen LogP contribution in [-0.4, -0.2) is 30.2 Å². The maximum atomic E-state index is 13.0. The van der Waals surface area contributed by atoms with E-state index in [9.17, 15) is 9.59 Å². The van der Waals surface area contributed by atoms with Crippen molar-refractivity contribution in [3.63, 3.8) is 0 Å². The molecular formula is C20H17ClN6O2. The van der Waals surface area contributed by atoms with E-state index in [1.165, 1.54) is 23.5 Å². The molecule has 0 bridgehead atoms. The number of carbonyl (C=O) groups is 1. The lowest BCUT2D eigenvalue weighted by atomic mass is 10.1. The average Bonchev–Trinajstić information content (AvgIpc) is 3.23. The topological polar surface area (TPSA) is 94.7 Å². The number of hydrogen-bond acceptors (Lipinski definition) is 5. The fourth-order valence-corrected chi connectivity index (χ4v) is 3.27. The Morgan fingerprint density at radius 3 is 2.79 bits per heavy atom. The molecule has 146 valence electrons. The summed E-state index contributed by atoms with van der Waals surface area (Å²) in [5.74, 6) is -0.539. The first-order chi connectivity index (χ1) is 14.0. The van der Waals surface area contributed by atoms with Crippen LogP contribution in [0.5, 0.6) is 0 Å². The number of pyridine rings is 2. The number of amides is 1. The largest absolute Gasteiger partial charge is 0.332 e. The lowest BCUT2D eigenvalue weighted by Crippen LogP contribution is -2.24. The van der Waals surface area contributed by atoms with Gasteiger partial charge in [-0.15, -0.1) is 0 Å². The molecule has 0 saturated heterocycles. The first-order valence-electron chi connectivity index (χ1n) is 8.94. The van der Waals surface area contributed by atoms with Crippen LogP contribution in [0.4, 0.5) is 5.69 Å². The third kappa shape index (κ3) is 3.50. The zero-order valence-corrected chi connectivity index (χ0v) is 16.5. The highest BCUT2D eigenvalue weighted by Crippen LogP contribution is 2.24. The van der Waals surface area contributed by atoms with Gasteiger partial charge in [-0.2, -0.15) is 5.10 Å². The molecule has 0 aliphatic rings. The summed E-state index contributed by atoms with van der Waals surface area (Å²) in [4.78, 5) is 34.3. The highest BCUT2D eigenvalue weighted by Gasteiger charge is 2.18. The highest BCUT2D eigenvalue weighted by atomic mass is 35.5. The Balaban J connectivity index is 1.80. The zero-order chi connectivity index (χ0) is 20.5. The van der Waals surface area contributed by atoms with Crippen LogP contribution in [0.2, 0.25) is 5.02 Å². The number of aryl methyl sites for hydroxylation is 2. The minimum atomic E-state index is -0.539. The van der Waals surface area contributed by atoms with Crippen molar-refractivity contribution in [3.8, 4) is 5.69 Å². The molecule has 0 atom stereocenters. The molecule has 4 aromatic rings. The normalized spacial score (nSPS) is 11.0. The van der Waals surface area contributed by atoms with Gasteiger partial charge in [-0.3, -0.25) is 9.59 Å². The van der Waals surface area contributed by atoms with E-state index >= 15 is 0 Å². The van der Waals surface area contributed by atoms with E-state index in [2.05, 4.69) is 20.4 Å². The van der Waals surface area contributed by atoms with Crippen molar-refractivity contribution in [2.75, 3.05) is 5.32 Å². The maximum Gasteiger partial charge on any atom is 0.261 e. The molecular weight excluding hydrogens is 392 g/mol. The molecule has 1 amide bonds. The molecule has 3 aromatic heterocycles. The van der Waals surface area contributed by atoms with Gasteiger partial charge in [-0.05, 0) is 44.2 Å². The van der Waals surface area contributed by atoms with E-state index in [0.29, 0.717) is 34.0 Å². The molecule has 8 nitrogen and oxygen atoms in total. The zero-order valence-electron chi connectivity index (χ0n) is 15.8. The minimum Gasteiger partial charge on any atom is -0.332 e. The van der Waals surface area contributed by atoms with Crippen LogP contribution in [-0.2, 0) is 6.54 Å². The van der Waals surface area contributed by atoms with Gasteiger partial charge in [0.25, 0.3) is 5.91 Å². The molecule has 4 rings (SSSR count). The molecule has 0 saturated carbocycles. The summed E-state index contributed by atoms with van der Waals surface area (Å²) in [5.41, 5.74) is 1.99. The number of hydrogen-bond donors (Lipinski definition) is 1. The van der Waals surface area contributed by atoms with Crippen LogP contribution in [0.15, 0.2) is 54.0 Å². The highest BCUT2D eigenvalue weighted by molar-refractivity contribution is 6.31. The number of nitrogens with one attached hydrogen (secondary N) is 1. The second-order valence-corrected chi connectivity index (χ2v) is 6.87. The molecule has 0 unspecified atom stereocenters. The lowest BCUT2D eigenvalue weighted by Gasteiger charge is -2.13. The quantitative estimate of drug-likeness (QED) is 0.559. The molecule has 0 fully saturated rings.